The van der Waals surface area contributed by atoms with Crippen LogP contribution in [-0.4, -0.2) is 47.9 Å². The molecule has 182 valence electrons. The van der Waals surface area contributed by atoms with E-state index in [1.54, 1.807) is 52.6 Å². The summed E-state index contributed by atoms with van der Waals surface area (Å²) < 4.78 is 19.3. The topological polar surface area (TPSA) is 49.9 Å². The Labute approximate surface area is 213 Å². The summed E-state index contributed by atoms with van der Waals surface area (Å²) >= 11 is 7.79. The highest BCUT2D eigenvalue weighted by Gasteiger charge is 2.35. The molecule has 1 aliphatic heterocycles. The average molecular weight is 513 g/mol. The first kappa shape index (κ1) is 23.8. The minimum Gasteiger partial charge on any atom is -0.491 e. The third kappa shape index (κ3) is 5.68. The van der Waals surface area contributed by atoms with Gasteiger partial charge in [-0.3, -0.25) is 9.59 Å². The van der Waals surface area contributed by atoms with E-state index < -0.39 is 0 Å². The molecule has 0 bridgehead atoms. The molecule has 8 heteroatoms. The molecule has 1 aliphatic carbocycles. The zero-order chi connectivity index (χ0) is 24.4. The van der Waals surface area contributed by atoms with E-state index in [0.29, 0.717) is 35.3 Å². The summed E-state index contributed by atoms with van der Waals surface area (Å²) in [6, 6.07) is 14.5. The van der Waals surface area contributed by atoms with Gasteiger partial charge in [-0.25, -0.2) is 4.39 Å². The molecule has 5 rings (SSSR count). The highest BCUT2D eigenvalue weighted by molar-refractivity contribution is 7.10. The van der Waals surface area contributed by atoms with Crippen LogP contribution in [0.1, 0.15) is 39.7 Å². The van der Waals surface area contributed by atoms with Crippen molar-refractivity contribution >= 4 is 34.8 Å². The Morgan fingerprint density at radius 2 is 1.94 bits per heavy atom. The van der Waals surface area contributed by atoms with E-state index in [4.69, 9.17) is 16.3 Å². The summed E-state index contributed by atoms with van der Waals surface area (Å²) in [6.45, 7) is 1.39. The van der Waals surface area contributed by atoms with Gasteiger partial charge < -0.3 is 14.5 Å². The lowest BCUT2D eigenvalue weighted by Gasteiger charge is -2.37. The van der Waals surface area contributed by atoms with E-state index in [-0.39, 0.29) is 36.8 Å². The first-order valence-electron chi connectivity index (χ1n) is 11.8. The number of hydrogen-bond acceptors (Lipinski definition) is 4. The molecule has 2 amide bonds. The van der Waals surface area contributed by atoms with Crippen molar-refractivity contribution in [3.63, 3.8) is 0 Å². The summed E-state index contributed by atoms with van der Waals surface area (Å²) in [6.07, 6.45) is 2.92. The second-order valence-corrected chi connectivity index (χ2v) is 10.5. The molecule has 1 fully saturated rings. The molecule has 0 N–H and O–H groups in total. The highest BCUT2D eigenvalue weighted by atomic mass is 35.5. The number of rotatable bonds is 8. The van der Waals surface area contributed by atoms with Gasteiger partial charge in [-0.05, 0) is 84.7 Å². The monoisotopic (exact) mass is 512 g/mol. The smallest absolute Gasteiger partial charge is 0.254 e. The van der Waals surface area contributed by atoms with Crippen LogP contribution in [-0.2, 0) is 11.2 Å². The minimum atomic E-state index is -0.327. The minimum absolute atomic E-state index is 0.00830. The number of nitrogens with zero attached hydrogens (tertiary/aromatic N) is 2. The van der Waals surface area contributed by atoms with Crippen molar-refractivity contribution < 1.29 is 18.7 Å². The predicted octanol–water partition coefficient (Wildman–Crippen LogP) is 5.60. The number of halogens is 2. The van der Waals surface area contributed by atoms with Crippen LogP contribution in [0.5, 0.6) is 5.75 Å². The van der Waals surface area contributed by atoms with Gasteiger partial charge >= 0.3 is 0 Å². The van der Waals surface area contributed by atoms with Crippen LogP contribution in [0.2, 0.25) is 5.02 Å². The number of carbonyl (C=O) groups is 2. The second-order valence-electron chi connectivity index (χ2n) is 9.06. The van der Waals surface area contributed by atoms with Crippen molar-refractivity contribution in [1.29, 1.82) is 0 Å². The molecule has 2 aliphatic rings. The molecule has 1 atom stereocenters. The fourth-order valence-electron chi connectivity index (χ4n) is 4.47. The van der Waals surface area contributed by atoms with Gasteiger partial charge in [0.05, 0.1) is 6.04 Å². The van der Waals surface area contributed by atoms with Crippen LogP contribution in [0.4, 0.5) is 4.39 Å². The molecule has 2 aromatic carbocycles. The van der Waals surface area contributed by atoms with E-state index >= 15 is 0 Å². The summed E-state index contributed by atoms with van der Waals surface area (Å²) in [5, 5.41) is 2.53. The number of carbonyl (C=O) groups excluding carboxylic acids is 2. The lowest BCUT2D eigenvalue weighted by atomic mass is 10.0. The number of thiophene rings is 1. The van der Waals surface area contributed by atoms with Gasteiger partial charge in [-0.15, -0.1) is 11.3 Å². The molecule has 0 radical (unpaired) electrons. The first-order chi connectivity index (χ1) is 17.0. The van der Waals surface area contributed by atoms with Crippen molar-refractivity contribution in [2.45, 2.75) is 25.3 Å². The maximum atomic E-state index is 13.6. The third-order valence-electron chi connectivity index (χ3n) is 6.50. The largest absolute Gasteiger partial charge is 0.491 e. The van der Waals surface area contributed by atoms with Gasteiger partial charge in [0.2, 0.25) is 5.91 Å². The Morgan fingerprint density at radius 1 is 1.14 bits per heavy atom. The van der Waals surface area contributed by atoms with Crippen LogP contribution < -0.4 is 4.74 Å². The first-order valence-corrected chi connectivity index (χ1v) is 13.0. The molecule has 0 unspecified atom stereocenters. The van der Waals surface area contributed by atoms with Crippen LogP contribution in [0.25, 0.3) is 0 Å². The summed E-state index contributed by atoms with van der Waals surface area (Å²) in [4.78, 5) is 31.6. The van der Waals surface area contributed by atoms with E-state index in [1.807, 2.05) is 16.3 Å². The molecular weight excluding hydrogens is 487 g/mol. The fourth-order valence-corrected chi connectivity index (χ4v) is 5.59. The van der Waals surface area contributed by atoms with E-state index in [1.165, 1.54) is 17.0 Å². The Kier molecular flexibility index (Phi) is 7.07. The Hall–Kier alpha value is -2.90. The van der Waals surface area contributed by atoms with Crippen molar-refractivity contribution in [3.8, 4) is 5.75 Å². The molecule has 5 nitrogen and oxygen atoms in total. The van der Waals surface area contributed by atoms with Crippen LogP contribution in [0.3, 0.4) is 0 Å². The highest BCUT2D eigenvalue weighted by Crippen LogP contribution is 2.35. The molecule has 0 spiro atoms. The van der Waals surface area contributed by atoms with Gasteiger partial charge in [0.25, 0.3) is 5.91 Å². The van der Waals surface area contributed by atoms with Gasteiger partial charge in [-0.1, -0.05) is 17.7 Å². The normalized spacial score (nSPS) is 17.1. The molecule has 2 heterocycles. The Balaban J connectivity index is 1.34. The number of fused-ring (bicyclic) bond motifs is 1. The maximum absolute atomic E-state index is 13.6. The van der Waals surface area contributed by atoms with Gasteiger partial charge in [0.1, 0.15) is 24.7 Å². The fraction of sp³-hybridized carbons (Fsp3) is 0.333. The van der Waals surface area contributed by atoms with Crippen molar-refractivity contribution in [1.82, 2.24) is 9.80 Å². The van der Waals surface area contributed by atoms with Crippen LogP contribution >= 0.6 is 22.9 Å². The number of ether oxygens (including phenoxy) is 1. The van der Waals surface area contributed by atoms with Gasteiger partial charge in [0.15, 0.2) is 0 Å². The Morgan fingerprint density at radius 3 is 2.69 bits per heavy atom. The second kappa shape index (κ2) is 10.4. The van der Waals surface area contributed by atoms with E-state index in [0.717, 1.165) is 24.8 Å². The SMILES string of the molecule is O=C(c1cccc(Cl)c1)N(CC(=O)N1CCc2sccc2[C@@H]1COc1ccc(F)cc1)CC1CC1. The Bertz CT molecular complexity index is 1210. The molecule has 1 saturated carbocycles. The zero-order valence-corrected chi connectivity index (χ0v) is 20.7. The average Bonchev–Trinajstić information content (AvgIpc) is 3.54. The molecule has 1 aromatic heterocycles. The lowest BCUT2D eigenvalue weighted by molar-refractivity contribution is -0.135. The standard InChI is InChI=1S/C27H26ClFN2O3S/c28-20-3-1-2-19(14-20)27(33)30(15-18-4-5-18)16-26(32)31-12-10-25-23(11-13-35-25)24(31)17-34-22-8-6-21(29)7-9-22/h1-3,6-9,11,13-14,18,24H,4-5,10,12,15-17H2/t24-/m0/s1. The van der Waals surface area contributed by atoms with Crippen LogP contribution in [0, 0.1) is 11.7 Å². The number of hydrogen-bond donors (Lipinski definition) is 0. The summed E-state index contributed by atoms with van der Waals surface area (Å²) in [5.41, 5.74) is 1.56. The molecule has 35 heavy (non-hydrogen) atoms. The number of amides is 2. The molecular formula is C27H26ClFN2O3S. The van der Waals surface area contributed by atoms with Crippen LogP contribution in [0.15, 0.2) is 60.0 Å². The summed E-state index contributed by atoms with van der Waals surface area (Å²) in [7, 11) is 0. The number of benzene rings is 2. The van der Waals surface area contributed by atoms with Gasteiger partial charge in [0, 0.05) is 28.6 Å². The molecule has 0 saturated heterocycles. The quantitative estimate of drug-likeness (QED) is 0.395. The van der Waals surface area contributed by atoms with Gasteiger partial charge in [-0.2, -0.15) is 0 Å². The molecule has 3 aromatic rings. The van der Waals surface area contributed by atoms with Crippen molar-refractivity contribution in [2.24, 2.45) is 5.92 Å². The van der Waals surface area contributed by atoms with Crippen molar-refractivity contribution in [2.75, 3.05) is 26.2 Å². The van der Waals surface area contributed by atoms with Crippen molar-refractivity contribution in [3.05, 3.63) is 86.8 Å². The zero-order valence-electron chi connectivity index (χ0n) is 19.2. The van der Waals surface area contributed by atoms with E-state index in [2.05, 4.69) is 0 Å². The predicted molar refractivity (Wildman–Crippen MR) is 134 cm³/mol. The van der Waals surface area contributed by atoms with E-state index in [9.17, 15) is 14.0 Å². The lowest BCUT2D eigenvalue weighted by Crippen LogP contribution is -2.48. The summed E-state index contributed by atoms with van der Waals surface area (Å²) in [5.74, 6) is 0.374. The third-order valence-corrected chi connectivity index (χ3v) is 7.73. The maximum Gasteiger partial charge on any atom is 0.254 e.